The maximum atomic E-state index is 12.0. The molecular formula is C12H22N2O3S. The van der Waals surface area contributed by atoms with E-state index in [1.54, 1.807) is 6.92 Å². The average molecular weight is 274 g/mol. The van der Waals surface area contributed by atoms with E-state index in [1.807, 2.05) is 6.92 Å². The summed E-state index contributed by atoms with van der Waals surface area (Å²) in [7, 11) is 0. The second-order valence-corrected chi connectivity index (χ2v) is 5.54. The smallest absolute Gasteiger partial charge is 0.241 e. The summed E-state index contributed by atoms with van der Waals surface area (Å²) in [5.41, 5.74) is 5.03. The maximum Gasteiger partial charge on any atom is 0.241 e. The Morgan fingerprint density at radius 2 is 1.94 bits per heavy atom. The van der Waals surface area contributed by atoms with Gasteiger partial charge in [-0.2, -0.15) is 0 Å². The molecule has 1 atom stereocenters. The van der Waals surface area contributed by atoms with Crippen molar-refractivity contribution >= 4 is 29.5 Å². The number of nitrogens with two attached hydrogens (primary N) is 1. The molecule has 0 rings (SSSR count). The van der Waals surface area contributed by atoms with Crippen molar-refractivity contribution in [2.75, 3.05) is 12.3 Å². The number of carbonyl (C=O) groups excluding carboxylic acids is 3. The first-order chi connectivity index (χ1) is 8.40. The van der Waals surface area contributed by atoms with Crippen LogP contribution in [0.5, 0.6) is 0 Å². The van der Waals surface area contributed by atoms with Crippen molar-refractivity contribution in [2.45, 2.75) is 45.3 Å². The second kappa shape index (κ2) is 8.97. The first-order valence-electron chi connectivity index (χ1n) is 6.12. The van der Waals surface area contributed by atoms with E-state index < -0.39 is 0 Å². The summed E-state index contributed by atoms with van der Waals surface area (Å²) >= 11 is 1.35. The number of thioether (sulfide) groups is 1. The molecule has 0 radical (unpaired) electrons. The van der Waals surface area contributed by atoms with E-state index in [0.29, 0.717) is 12.3 Å². The Balaban J connectivity index is 4.28. The molecule has 0 heterocycles. The lowest BCUT2D eigenvalue weighted by Crippen LogP contribution is -2.40. The number of primary amides is 1. The Hall–Kier alpha value is -1.04. The topological polar surface area (TPSA) is 80.5 Å². The highest BCUT2D eigenvalue weighted by Crippen LogP contribution is 2.15. The number of carbonyl (C=O) groups is 3. The van der Waals surface area contributed by atoms with Gasteiger partial charge in [0.2, 0.25) is 17.7 Å². The zero-order valence-electron chi connectivity index (χ0n) is 11.3. The van der Waals surface area contributed by atoms with E-state index in [1.165, 1.54) is 23.6 Å². The van der Waals surface area contributed by atoms with Gasteiger partial charge in [0.25, 0.3) is 0 Å². The summed E-state index contributed by atoms with van der Waals surface area (Å²) in [6, 6.07) is 0. The largest absolute Gasteiger partial charge is 0.370 e. The molecule has 2 N–H and O–H groups in total. The fourth-order valence-corrected chi connectivity index (χ4v) is 2.31. The molecule has 0 aliphatic carbocycles. The molecule has 5 nitrogen and oxygen atoms in total. The number of nitrogens with zero attached hydrogens (tertiary/aromatic N) is 1. The van der Waals surface area contributed by atoms with Crippen LogP contribution in [0.1, 0.15) is 40.0 Å². The lowest BCUT2D eigenvalue weighted by Gasteiger charge is -2.22. The summed E-state index contributed by atoms with van der Waals surface area (Å²) in [6.45, 7) is 5.61. The number of amides is 3. The Bertz CT molecular complexity index is 308. The van der Waals surface area contributed by atoms with Crippen LogP contribution in [-0.2, 0) is 14.4 Å². The van der Waals surface area contributed by atoms with E-state index in [0.717, 1.165) is 12.8 Å². The van der Waals surface area contributed by atoms with E-state index in [4.69, 9.17) is 5.73 Å². The van der Waals surface area contributed by atoms with Gasteiger partial charge in [-0.15, -0.1) is 11.8 Å². The molecule has 0 aromatic heterocycles. The van der Waals surface area contributed by atoms with Crippen LogP contribution in [0.4, 0.5) is 0 Å². The molecule has 0 saturated carbocycles. The van der Waals surface area contributed by atoms with Crippen molar-refractivity contribution in [2.24, 2.45) is 5.73 Å². The van der Waals surface area contributed by atoms with Crippen LogP contribution in [0.3, 0.4) is 0 Å². The fraction of sp³-hybridized carbons (Fsp3) is 0.750. The number of hydrogen-bond acceptors (Lipinski definition) is 4. The summed E-state index contributed by atoms with van der Waals surface area (Å²) < 4.78 is 0. The molecule has 104 valence electrons. The van der Waals surface area contributed by atoms with Gasteiger partial charge in [-0.25, -0.2) is 0 Å². The third-order valence-electron chi connectivity index (χ3n) is 2.45. The van der Waals surface area contributed by atoms with Crippen LogP contribution in [0.15, 0.2) is 0 Å². The molecule has 0 aromatic rings. The lowest BCUT2D eigenvalue weighted by molar-refractivity contribution is -0.143. The van der Waals surface area contributed by atoms with Gasteiger partial charge in [0.15, 0.2) is 0 Å². The highest BCUT2D eigenvalue weighted by atomic mass is 32.2. The predicted octanol–water partition coefficient (Wildman–Crippen LogP) is 1.16. The van der Waals surface area contributed by atoms with Crippen LogP contribution in [0.2, 0.25) is 0 Å². The molecule has 0 bridgehead atoms. The molecule has 6 heteroatoms. The summed E-state index contributed by atoms with van der Waals surface area (Å²) in [5, 5.41) is -0.329. The summed E-state index contributed by atoms with van der Waals surface area (Å²) in [4.78, 5) is 35.3. The molecule has 1 unspecified atom stereocenters. The van der Waals surface area contributed by atoms with Gasteiger partial charge in [-0.1, -0.05) is 13.3 Å². The molecule has 0 saturated heterocycles. The number of hydrogen-bond donors (Lipinski definition) is 1. The normalized spacial score (nSPS) is 11.9. The van der Waals surface area contributed by atoms with Gasteiger partial charge >= 0.3 is 0 Å². The van der Waals surface area contributed by atoms with Crippen LogP contribution >= 0.6 is 11.8 Å². The summed E-state index contributed by atoms with van der Waals surface area (Å²) in [6.07, 6.45) is 1.99. The third-order valence-corrected chi connectivity index (χ3v) is 3.59. The van der Waals surface area contributed by atoms with Crippen molar-refractivity contribution in [3.05, 3.63) is 0 Å². The van der Waals surface area contributed by atoms with E-state index in [-0.39, 0.29) is 29.4 Å². The van der Waals surface area contributed by atoms with Crippen molar-refractivity contribution in [3.8, 4) is 0 Å². The summed E-state index contributed by atoms with van der Waals surface area (Å²) in [5.74, 6) is -0.292. The SMILES string of the molecule is CCCCN(C(C)=O)C(=O)C(C)SCCC(N)=O. The van der Waals surface area contributed by atoms with Crippen molar-refractivity contribution in [3.63, 3.8) is 0 Å². The maximum absolute atomic E-state index is 12.0. The minimum absolute atomic E-state index is 0.189. The standard InChI is InChI=1S/C12H22N2O3S/c1-4-5-7-14(10(3)15)12(17)9(2)18-8-6-11(13)16/h9H,4-8H2,1-3H3,(H2,13,16). The average Bonchev–Trinajstić information content (AvgIpc) is 2.28. The van der Waals surface area contributed by atoms with Crippen molar-refractivity contribution in [1.82, 2.24) is 4.90 Å². The van der Waals surface area contributed by atoms with Crippen molar-refractivity contribution < 1.29 is 14.4 Å². The zero-order valence-corrected chi connectivity index (χ0v) is 12.1. The highest BCUT2D eigenvalue weighted by molar-refractivity contribution is 8.00. The molecule has 0 aliphatic heterocycles. The monoisotopic (exact) mass is 274 g/mol. The minimum atomic E-state index is -0.378. The molecule has 0 fully saturated rings. The van der Waals surface area contributed by atoms with Gasteiger partial charge in [0.1, 0.15) is 0 Å². The van der Waals surface area contributed by atoms with Gasteiger partial charge < -0.3 is 5.73 Å². The molecule has 18 heavy (non-hydrogen) atoms. The van der Waals surface area contributed by atoms with E-state index in [2.05, 4.69) is 0 Å². The van der Waals surface area contributed by atoms with Crippen LogP contribution in [0.25, 0.3) is 0 Å². The zero-order chi connectivity index (χ0) is 14.1. The molecule has 3 amide bonds. The quantitative estimate of drug-likeness (QED) is 0.720. The second-order valence-electron chi connectivity index (χ2n) is 4.09. The molecule has 0 aliphatic rings. The van der Waals surface area contributed by atoms with E-state index >= 15 is 0 Å². The predicted molar refractivity (Wildman–Crippen MR) is 73.0 cm³/mol. The van der Waals surface area contributed by atoms with Crippen LogP contribution in [-0.4, -0.2) is 40.2 Å². The molecule has 0 spiro atoms. The molecular weight excluding hydrogens is 252 g/mol. The highest BCUT2D eigenvalue weighted by Gasteiger charge is 2.23. The Morgan fingerprint density at radius 3 is 2.39 bits per heavy atom. The first-order valence-corrected chi connectivity index (χ1v) is 7.16. The minimum Gasteiger partial charge on any atom is -0.370 e. The first kappa shape index (κ1) is 17.0. The fourth-order valence-electron chi connectivity index (χ4n) is 1.37. The Morgan fingerprint density at radius 1 is 1.33 bits per heavy atom. The van der Waals surface area contributed by atoms with E-state index in [9.17, 15) is 14.4 Å². The van der Waals surface area contributed by atoms with Gasteiger partial charge in [0, 0.05) is 25.6 Å². The number of unbranched alkanes of at least 4 members (excludes halogenated alkanes) is 1. The molecule has 0 aromatic carbocycles. The Kier molecular flexibility index (Phi) is 8.45. The third kappa shape index (κ3) is 6.64. The van der Waals surface area contributed by atoms with Crippen molar-refractivity contribution in [1.29, 1.82) is 0 Å². The van der Waals surface area contributed by atoms with Gasteiger partial charge in [-0.05, 0) is 13.3 Å². The number of rotatable bonds is 8. The lowest BCUT2D eigenvalue weighted by atomic mass is 10.3. The van der Waals surface area contributed by atoms with Gasteiger partial charge in [0.05, 0.1) is 5.25 Å². The van der Waals surface area contributed by atoms with Crippen LogP contribution in [0, 0.1) is 0 Å². The Labute approximate surface area is 112 Å². The number of imide groups is 1. The van der Waals surface area contributed by atoms with Gasteiger partial charge in [-0.3, -0.25) is 19.3 Å². The van der Waals surface area contributed by atoms with Crippen LogP contribution < -0.4 is 5.73 Å².